The summed E-state index contributed by atoms with van der Waals surface area (Å²) in [5.74, 6) is -0.705. The molecule has 3 nitrogen and oxygen atoms in total. The van der Waals surface area contributed by atoms with E-state index in [2.05, 4.69) is 31.9 Å². The second kappa shape index (κ2) is 8.29. The minimum absolute atomic E-state index is 0.126. The number of hydrogen-bond donors (Lipinski definition) is 1. The van der Waals surface area contributed by atoms with Crippen molar-refractivity contribution in [1.29, 1.82) is 0 Å². The summed E-state index contributed by atoms with van der Waals surface area (Å²) in [6, 6.07) is 21.6. The van der Waals surface area contributed by atoms with E-state index in [-0.39, 0.29) is 11.3 Å². The molecular weight excluding hydrogens is 480 g/mol. The second-order valence-corrected chi connectivity index (χ2v) is 8.99. The van der Waals surface area contributed by atoms with Gasteiger partial charge in [0, 0.05) is 0 Å². The van der Waals surface area contributed by atoms with Crippen LogP contribution in [0.3, 0.4) is 0 Å². The van der Waals surface area contributed by atoms with Crippen molar-refractivity contribution in [3.63, 3.8) is 0 Å². The fourth-order valence-electron chi connectivity index (χ4n) is 2.57. The maximum Gasteiger partial charge on any atom is 0.346 e. The fourth-order valence-corrected chi connectivity index (χ4v) is 6.45. The highest BCUT2D eigenvalue weighted by Gasteiger charge is 2.38. The molecule has 3 aromatic rings. The molecule has 0 fully saturated rings. The fraction of sp³-hybridized carbons (Fsp3) is 0.0500. The maximum absolute atomic E-state index is 12.5. The van der Waals surface area contributed by atoms with Crippen LogP contribution >= 0.6 is 31.9 Å². The molecule has 3 rings (SSSR count). The lowest BCUT2D eigenvalue weighted by Gasteiger charge is -2.14. The van der Waals surface area contributed by atoms with Gasteiger partial charge < -0.3 is 9.84 Å². The molecule has 0 spiro atoms. The first-order valence-corrected chi connectivity index (χ1v) is 10.5. The Morgan fingerprint density at radius 2 is 1.42 bits per heavy atom. The van der Waals surface area contributed by atoms with Gasteiger partial charge in [-0.1, -0.05) is 36.4 Å². The van der Waals surface area contributed by atoms with E-state index in [0.29, 0.717) is 9.37 Å². The third-order valence-corrected chi connectivity index (χ3v) is 7.52. The molecule has 0 saturated carbocycles. The van der Waals surface area contributed by atoms with Crippen molar-refractivity contribution in [2.45, 2.75) is 14.7 Å². The van der Waals surface area contributed by atoms with Gasteiger partial charge in [0.1, 0.15) is 16.6 Å². The number of carbonyl (C=O) groups excluding carboxylic acids is 1. The second-order valence-electron chi connectivity index (χ2n) is 5.32. The summed E-state index contributed by atoms with van der Waals surface area (Å²) < 4.78 is 6.10. The van der Waals surface area contributed by atoms with Gasteiger partial charge in [-0.15, -0.1) is 0 Å². The van der Waals surface area contributed by atoms with Gasteiger partial charge >= 0.3 is 5.97 Å². The average Bonchev–Trinajstić information content (AvgIpc) is 2.67. The monoisotopic (exact) mass is 493 g/mol. The van der Waals surface area contributed by atoms with Crippen LogP contribution in [0.15, 0.2) is 90.4 Å². The van der Waals surface area contributed by atoms with Gasteiger partial charge in [-0.3, -0.25) is 0 Å². The van der Waals surface area contributed by atoms with Crippen LogP contribution in [0.25, 0.3) is 0 Å². The molecule has 0 aromatic heterocycles. The van der Waals surface area contributed by atoms with Crippen molar-refractivity contribution in [3.05, 3.63) is 81.2 Å². The Morgan fingerprint density at radius 1 is 0.923 bits per heavy atom. The molecule has 0 amide bonds. The lowest BCUT2D eigenvalue weighted by molar-refractivity contribution is 0.0593. The number of esters is 1. The van der Waals surface area contributed by atoms with E-state index >= 15 is 0 Å². The van der Waals surface area contributed by atoms with Crippen LogP contribution in [0.2, 0.25) is 0 Å². The van der Waals surface area contributed by atoms with E-state index in [1.807, 2.05) is 60.7 Å². The molecule has 0 radical (unpaired) electrons. The zero-order valence-corrected chi connectivity index (χ0v) is 17.8. The number of ether oxygens (including phenoxy) is 1. The number of aromatic hydroxyl groups is 1. The summed E-state index contributed by atoms with van der Waals surface area (Å²) in [4.78, 5) is 15.3. The molecule has 0 aliphatic heterocycles. The first kappa shape index (κ1) is 19.0. The van der Waals surface area contributed by atoms with Crippen molar-refractivity contribution in [2.24, 2.45) is 0 Å². The molecular formula is C20H15Br2O3S+. The molecule has 132 valence electrons. The molecule has 0 saturated heterocycles. The molecule has 26 heavy (non-hydrogen) atoms. The third kappa shape index (κ3) is 3.68. The van der Waals surface area contributed by atoms with Gasteiger partial charge in [-0.05, 0) is 62.2 Å². The van der Waals surface area contributed by atoms with E-state index in [1.165, 1.54) is 7.11 Å². The first-order chi connectivity index (χ1) is 12.5. The average molecular weight is 495 g/mol. The molecule has 3 aromatic carbocycles. The largest absolute Gasteiger partial charge is 0.506 e. The number of rotatable bonds is 4. The summed E-state index contributed by atoms with van der Waals surface area (Å²) in [5.41, 5.74) is 0.157. The Kier molecular flexibility index (Phi) is 6.06. The lowest BCUT2D eigenvalue weighted by atomic mass is 10.2. The number of hydrogen-bond acceptors (Lipinski definition) is 3. The molecule has 1 N–H and O–H groups in total. The van der Waals surface area contributed by atoms with Crippen LogP contribution in [0.1, 0.15) is 10.4 Å². The summed E-state index contributed by atoms with van der Waals surface area (Å²) in [6.07, 6.45) is 0. The molecule has 0 unspecified atom stereocenters. The molecule has 0 aliphatic carbocycles. The minimum Gasteiger partial charge on any atom is -0.506 e. The molecule has 6 heteroatoms. The smallest absolute Gasteiger partial charge is 0.346 e. The third-order valence-electron chi connectivity index (χ3n) is 3.71. The number of methoxy groups -OCH3 is 1. The van der Waals surface area contributed by atoms with Gasteiger partial charge in [0.15, 0.2) is 20.2 Å². The normalized spacial score (nSPS) is 10.8. The molecule has 0 heterocycles. The van der Waals surface area contributed by atoms with E-state index in [1.54, 1.807) is 6.07 Å². The van der Waals surface area contributed by atoms with Crippen LogP contribution in [0.4, 0.5) is 0 Å². The molecule has 0 atom stereocenters. The zero-order valence-electron chi connectivity index (χ0n) is 13.8. The Bertz CT molecular complexity index is 891. The molecule has 0 aliphatic rings. The van der Waals surface area contributed by atoms with E-state index in [9.17, 15) is 9.90 Å². The van der Waals surface area contributed by atoms with Crippen LogP contribution in [-0.2, 0) is 15.6 Å². The lowest BCUT2D eigenvalue weighted by Crippen LogP contribution is -2.14. The number of phenolic OH excluding ortho intramolecular Hbond substituents is 1. The number of benzene rings is 3. The number of halogens is 2. The van der Waals surface area contributed by atoms with Crippen molar-refractivity contribution in [3.8, 4) is 5.75 Å². The predicted octanol–water partition coefficient (Wildman–Crippen LogP) is 5.80. The van der Waals surface area contributed by atoms with Gasteiger partial charge in [-0.25, -0.2) is 4.79 Å². The molecule has 0 bridgehead atoms. The Labute approximate surface area is 171 Å². The first-order valence-electron chi connectivity index (χ1n) is 7.68. The van der Waals surface area contributed by atoms with Crippen molar-refractivity contribution in [2.75, 3.05) is 7.11 Å². The number of phenols is 1. The summed E-state index contributed by atoms with van der Waals surface area (Å²) in [7, 11) is 0.702. The van der Waals surface area contributed by atoms with Crippen molar-refractivity contribution < 1.29 is 14.6 Å². The minimum atomic E-state index is -0.607. The van der Waals surface area contributed by atoms with Gasteiger partial charge in [0.2, 0.25) is 0 Å². The van der Waals surface area contributed by atoms with E-state index < -0.39 is 16.9 Å². The van der Waals surface area contributed by atoms with Crippen LogP contribution < -0.4 is 0 Å². The van der Waals surface area contributed by atoms with Crippen LogP contribution in [-0.4, -0.2) is 18.2 Å². The van der Waals surface area contributed by atoms with Crippen LogP contribution in [0, 0.1) is 0 Å². The number of carbonyl (C=O) groups is 1. The van der Waals surface area contributed by atoms with Gasteiger partial charge in [0.05, 0.1) is 16.1 Å². The van der Waals surface area contributed by atoms with Crippen molar-refractivity contribution in [1.82, 2.24) is 0 Å². The van der Waals surface area contributed by atoms with Crippen LogP contribution in [0.5, 0.6) is 5.75 Å². The Morgan fingerprint density at radius 3 is 1.88 bits per heavy atom. The Balaban J connectivity index is 2.36. The Hall–Kier alpha value is -1.76. The highest BCUT2D eigenvalue weighted by molar-refractivity contribution is 9.11. The summed E-state index contributed by atoms with van der Waals surface area (Å²) in [5, 5.41) is 10.6. The highest BCUT2D eigenvalue weighted by Crippen LogP contribution is 2.44. The standard InChI is InChI=1S/C20H14Br2O3S/c1-25-20(24)17-18(23)15(21)12-16(22)19(17)26(13-8-4-2-5-9-13)14-10-6-3-7-11-14/h2-12H,1H3/p+1. The van der Waals surface area contributed by atoms with E-state index in [0.717, 1.165) is 14.3 Å². The predicted molar refractivity (Wildman–Crippen MR) is 110 cm³/mol. The van der Waals surface area contributed by atoms with E-state index in [4.69, 9.17) is 4.74 Å². The highest BCUT2D eigenvalue weighted by atomic mass is 79.9. The van der Waals surface area contributed by atoms with Gasteiger partial charge in [-0.2, -0.15) is 0 Å². The summed E-state index contributed by atoms with van der Waals surface area (Å²) >= 11 is 6.89. The van der Waals surface area contributed by atoms with Gasteiger partial charge in [0.25, 0.3) is 0 Å². The SMILES string of the molecule is COC(=O)c1c(O)c(Br)cc(Br)c1[S+](c1ccccc1)c1ccccc1. The maximum atomic E-state index is 12.5. The quantitative estimate of drug-likeness (QED) is 0.368. The topological polar surface area (TPSA) is 46.5 Å². The van der Waals surface area contributed by atoms with Crippen molar-refractivity contribution >= 4 is 48.7 Å². The summed E-state index contributed by atoms with van der Waals surface area (Å²) in [6.45, 7) is 0. The zero-order chi connectivity index (χ0) is 18.7.